The van der Waals surface area contributed by atoms with Crippen molar-refractivity contribution >= 4 is 15.9 Å². The molecule has 0 spiro atoms. The molecule has 0 nitrogen and oxygen atoms in total. The molecule has 1 saturated carbocycles. The fraction of sp³-hybridized carbons (Fsp3) is 0.455. The summed E-state index contributed by atoms with van der Waals surface area (Å²) in [4.78, 5) is 0. The van der Waals surface area contributed by atoms with E-state index in [2.05, 4.69) is 15.9 Å². The summed E-state index contributed by atoms with van der Waals surface area (Å²) in [6.07, 6.45) is 2.39. The van der Waals surface area contributed by atoms with Gasteiger partial charge in [0.05, 0.1) is 6.67 Å². The predicted molar refractivity (Wildman–Crippen MR) is 55.6 cm³/mol. The minimum atomic E-state index is -0.221. The van der Waals surface area contributed by atoms with Crippen LogP contribution in [0.4, 0.5) is 4.39 Å². The van der Waals surface area contributed by atoms with Crippen molar-refractivity contribution in [3.63, 3.8) is 0 Å². The highest BCUT2D eigenvalue weighted by Crippen LogP contribution is 2.43. The summed E-state index contributed by atoms with van der Waals surface area (Å²) >= 11 is 3.41. The number of hydrogen-bond acceptors (Lipinski definition) is 0. The van der Waals surface area contributed by atoms with E-state index in [1.54, 1.807) is 0 Å². The molecular formula is C11H12BrF. The quantitative estimate of drug-likeness (QED) is 0.754. The average Bonchev–Trinajstić information content (AvgIpc) is 2.90. The van der Waals surface area contributed by atoms with Crippen molar-refractivity contribution in [1.29, 1.82) is 0 Å². The van der Waals surface area contributed by atoms with E-state index in [-0.39, 0.29) is 12.6 Å². The number of rotatable bonds is 3. The lowest BCUT2D eigenvalue weighted by Crippen LogP contribution is -2.03. The molecule has 0 bridgehead atoms. The summed E-state index contributed by atoms with van der Waals surface area (Å²) in [6, 6.07) is 8.01. The molecule has 0 N–H and O–H groups in total. The van der Waals surface area contributed by atoms with Crippen LogP contribution in [0.15, 0.2) is 28.7 Å². The van der Waals surface area contributed by atoms with Crippen LogP contribution in [-0.4, -0.2) is 6.67 Å². The second-order valence-electron chi connectivity index (χ2n) is 3.65. The molecule has 0 heterocycles. The zero-order chi connectivity index (χ0) is 9.26. The summed E-state index contributed by atoms with van der Waals surface area (Å²) in [5, 5.41) is 0. The van der Waals surface area contributed by atoms with Gasteiger partial charge in [-0.2, -0.15) is 0 Å². The standard InChI is InChI=1S/C11H12BrF/c12-10-3-1-2-9(6-10)11(7-13)8-4-5-8/h1-3,6,8,11H,4-5,7H2. The van der Waals surface area contributed by atoms with Crippen LogP contribution in [0.1, 0.15) is 24.3 Å². The van der Waals surface area contributed by atoms with E-state index in [9.17, 15) is 4.39 Å². The van der Waals surface area contributed by atoms with E-state index in [1.165, 1.54) is 12.8 Å². The van der Waals surface area contributed by atoms with Crippen LogP contribution in [0.3, 0.4) is 0 Å². The number of halogens is 2. The lowest BCUT2D eigenvalue weighted by molar-refractivity contribution is 0.404. The van der Waals surface area contributed by atoms with E-state index in [1.807, 2.05) is 24.3 Å². The topological polar surface area (TPSA) is 0 Å². The van der Waals surface area contributed by atoms with Gasteiger partial charge in [-0.25, -0.2) is 0 Å². The molecule has 70 valence electrons. The predicted octanol–water partition coefficient (Wildman–Crippen LogP) is 3.91. The van der Waals surface area contributed by atoms with Crippen LogP contribution >= 0.6 is 15.9 Å². The Kier molecular flexibility index (Phi) is 2.68. The summed E-state index contributed by atoms with van der Waals surface area (Å²) in [7, 11) is 0. The van der Waals surface area contributed by atoms with Crippen LogP contribution in [0.5, 0.6) is 0 Å². The second kappa shape index (κ2) is 3.79. The molecule has 2 rings (SSSR count). The van der Waals surface area contributed by atoms with Crippen LogP contribution < -0.4 is 0 Å². The van der Waals surface area contributed by atoms with Crippen molar-refractivity contribution in [2.24, 2.45) is 5.92 Å². The number of alkyl halides is 1. The Hall–Kier alpha value is -0.370. The van der Waals surface area contributed by atoms with Crippen molar-refractivity contribution in [3.8, 4) is 0 Å². The van der Waals surface area contributed by atoms with Gasteiger partial charge in [0.15, 0.2) is 0 Å². The van der Waals surface area contributed by atoms with Gasteiger partial charge in [0.25, 0.3) is 0 Å². The Morgan fingerprint density at radius 2 is 2.23 bits per heavy atom. The Bertz CT molecular complexity index is 294. The molecule has 0 amide bonds. The molecule has 1 aromatic rings. The Labute approximate surface area is 86.3 Å². The van der Waals surface area contributed by atoms with Crippen LogP contribution in [0, 0.1) is 5.92 Å². The molecule has 0 aromatic heterocycles. The van der Waals surface area contributed by atoms with E-state index in [4.69, 9.17) is 0 Å². The Morgan fingerprint density at radius 3 is 2.77 bits per heavy atom. The van der Waals surface area contributed by atoms with Gasteiger partial charge in [0, 0.05) is 10.4 Å². The molecule has 1 aliphatic carbocycles. The molecule has 0 radical (unpaired) electrons. The van der Waals surface area contributed by atoms with Crippen LogP contribution in [-0.2, 0) is 0 Å². The highest BCUT2D eigenvalue weighted by atomic mass is 79.9. The van der Waals surface area contributed by atoms with Gasteiger partial charge in [0.1, 0.15) is 0 Å². The second-order valence-corrected chi connectivity index (χ2v) is 4.57. The van der Waals surface area contributed by atoms with Gasteiger partial charge >= 0.3 is 0 Å². The average molecular weight is 243 g/mol. The molecule has 1 unspecified atom stereocenters. The SMILES string of the molecule is FCC(c1cccc(Br)c1)C1CC1. The maximum absolute atomic E-state index is 12.8. The first-order valence-electron chi connectivity index (χ1n) is 4.62. The van der Waals surface area contributed by atoms with Gasteiger partial charge in [-0.15, -0.1) is 0 Å². The minimum absolute atomic E-state index is 0.137. The Morgan fingerprint density at radius 1 is 1.46 bits per heavy atom. The van der Waals surface area contributed by atoms with Crippen LogP contribution in [0.2, 0.25) is 0 Å². The molecule has 2 heteroatoms. The van der Waals surface area contributed by atoms with E-state index >= 15 is 0 Å². The lowest BCUT2D eigenvalue weighted by atomic mass is 9.96. The zero-order valence-corrected chi connectivity index (χ0v) is 8.93. The normalized spacial score (nSPS) is 18.6. The summed E-state index contributed by atoms with van der Waals surface area (Å²) < 4.78 is 13.8. The summed E-state index contributed by atoms with van der Waals surface area (Å²) in [5.41, 5.74) is 1.14. The zero-order valence-electron chi connectivity index (χ0n) is 7.34. The van der Waals surface area contributed by atoms with E-state index in [0.29, 0.717) is 5.92 Å². The van der Waals surface area contributed by atoms with Crippen molar-refractivity contribution in [2.75, 3.05) is 6.67 Å². The third-order valence-corrected chi connectivity index (χ3v) is 3.13. The maximum Gasteiger partial charge on any atom is 0.0965 e. The highest BCUT2D eigenvalue weighted by Gasteiger charge is 2.32. The molecule has 1 atom stereocenters. The van der Waals surface area contributed by atoms with Gasteiger partial charge in [-0.05, 0) is 36.5 Å². The number of benzene rings is 1. The molecule has 0 aliphatic heterocycles. The van der Waals surface area contributed by atoms with E-state index < -0.39 is 0 Å². The van der Waals surface area contributed by atoms with Crippen molar-refractivity contribution in [3.05, 3.63) is 34.3 Å². The molecule has 1 aliphatic rings. The van der Waals surface area contributed by atoms with Gasteiger partial charge < -0.3 is 0 Å². The largest absolute Gasteiger partial charge is 0.250 e. The lowest BCUT2D eigenvalue weighted by Gasteiger charge is -2.12. The third-order valence-electron chi connectivity index (χ3n) is 2.63. The third kappa shape index (κ3) is 2.11. The first kappa shape index (κ1) is 9.20. The summed E-state index contributed by atoms with van der Waals surface area (Å²) in [5.74, 6) is 0.733. The van der Waals surface area contributed by atoms with Crippen molar-refractivity contribution in [2.45, 2.75) is 18.8 Å². The smallest absolute Gasteiger partial charge is 0.0965 e. The molecule has 1 fully saturated rings. The van der Waals surface area contributed by atoms with Gasteiger partial charge in [-0.1, -0.05) is 28.1 Å². The van der Waals surface area contributed by atoms with Gasteiger partial charge in [0.2, 0.25) is 0 Å². The molecule has 0 saturated heterocycles. The first-order valence-corrected chi connectivity index (χ1v) is 5.42. The van der Waals surface area contributed by atoms with E-state index in [0.717, 1.165) is 10.0 Å². The minimum Gasteiger partial charge on any atom is -0.250 e. The molecular weight excluding hydrogens is 231 g/mol. The molecule has 1 aromatic carbocycles. The van der Waals surface area contributed by atoms with Crippen molar-refractivity contribution < 1.29 is 4.39 Å². The summed E-state index contributed by atoms with van der Waals surface area (Å²) in [6.45, 7) is -0.221. The Balaban J connectivity index is 2.21. The molecule has 13 heavy (non-hydrogen) atoms. The van der Waals surface area contributed by atoms with Crippen LogP contribution in [0.25, 0.3) is 0 Å². The monoisotopic (exact) mass is 242 g/mol. The first-order chi connectivity index (χ1) is 6.31. The number of hydrogen-bond donors (Lipinski definition) is 0. The fourth-order valence-electron chi connectivity index (χ4n) is 1.72. The van der Waals surface area contributed by atoms with Gasteiger partial charge in [-0.3, -0.25) is 4.39 Å². The highest BCUT2D eigenvalue weighted by molar-refractivity contribution is 9.10. The maximum atomic E-state index is 12.8. The van der Waals surface area contributed by atoms with Crippen molar-refractivity contribution in [1.82, 2.24) is 0 Å². The fourth-order valence-corrected chi connectivity index (χ4v) is 2.14.